The smallest absolute Gasteiger partial charge is 0.325 e. The van der Waals surface area contributed by atoms with Crippen LogP contribution in [-0.2, 0) is 33.9 Å². The van der Waals surface area contributed by atoms with Gasteiger partial charge in [0.2, 0.25) is 10.0 Å². The first-order chi connectivity index (χ1) is 20.1. The van der Waals surface area contributed by atoms with Crippen LogP contribution < -0.4 is 20.9 Å². The topological polar surface area (TPSA) is 189 Å². The van der Waals surface area contributed by atoms with Crippen molar-refractivity contribution < 1.29 is 45.8 Å². The second-order valence-electron chi connectivity index (χ2n) is 11.6. The van der Waals surface area contributed by atoms with Gasteiger partial charge in [0.05, 0.1) is 11.3 Å². The molecule has 1 amide bonds. The predicted octanol–water partition coefficient (Wildman–Crippen LogP) is 3.68. The third-order valence-electron chi connectivity index (χ3n) is 5.11. The molecule has 1 unspecified atom stereocenters. The third kappa shape index (κ3) is 11.4. The van der Waals surface area contributed by atoms with E-state index in [1.807, 2.05) is 0 Å². The second-order valence-corrected chi connectivity index (χ2v) is 13.3. The molecule has 2 aromatic carbocycles. The Hall–Kier alpha value is -4.37. The Balaban J connectivity index is 2.27. The second kappa shape index (κ2) is 13.9. The van der Waals surface area contributed by atoms with Crippen molar-refractivity contribution in [1.82, 2.24) is 4.72 Å². The van der Waals surface area contributed by atoms with Gasteiger partial charge >= 0.3 is 11.9 Å². The molecule has 0 saturated carbocycles. The highest BCUT2D eigenvalue weighted by Gasteiger charge is 2.33. The molecular formula is C29H36F2N4O8S. The van der Waals surface area contributed by atoms with Gasteiger partial charge in [-0.3, -0.25) is 14.4 Å². The van der Waals surface area contributed by atoms with Gasteiger partial charge in [0.25, 0.3) is 5.91 Å². The zero-order valence-electron chi connectivity index (χ0n) is 25.4. The number of sulfonamides is 1. The zero-order valence-corrected chi connectivity index (χ0v) is 26.2. The number of carbonyl (C=O) groups excluding carboxylic acids is 3. The molecule has 0 aromatic heterocycles. The van der Waals surface area contributed by atoms with Crippen LogP contribution >= 0.6 is 0 Å². The number of nitrogens with one attached hydrogen (secondary N) is 1. The van der Waals surface area contributed by atoms with E-state index in [2.05, 4.69) is 9.71 Å². The molecule has 0 aliphatic rings. The van der Waals surface area contributed by atoms with Crippen molar-refractivity contribution in [2.24, 2.45) is 16.5 Å². The van der Waals surface area contributed by atoms with Crippen LogP contribution in [0.5, 0.6) is 11.5 Å². The van der Waals surface area contributed by atoms with Gasteiger partial charge < -0.3 is 25.7 Å². The highest BCUT2D eigenvalue weighted by atomic mass is 32.2. The van der Waals surface area contributed by atoms with Gasteiger partial charge in [-0.05, 0) is 96.5 Å². The van der Waals surface area contributed by atoms with E-state index in [0.29, 0.717) is 0 Å². The van der Waals surface area contributed by atoms with Gasteiger partial charge in [0, 0.05) is 5.57 Å². The number of halogens is 2. The molecule has 12 nitrogen and oxygen atoms in total. The van der Waals surface area contributed by atoms with Crippen LogP contribution in [0.3, 0.4) is 0 Å². The summed E-state index contributed by atoms with van der Waals surface area (Å²) < 4.78 is 73.6. The van der Waals surface area contributed by atoms with Crippen LogP contribution in [0.1, 0.15) is 60.5 Å². The van der Waals surface area contributed by atoms with Crippen LogP contribution in [-0.4, -0.2) is 49.5 Å². The van der Waals surface area contributed by atoms with E-state index >= 15 is 0 Å². The van der Waals surface area contributed by atoms with Gasteiger partial charge in [0.15, 0.2) is 23.3 Å². The van der Waals surface area contributed by atoms with Crippen molar-refractivity contribution >= 4 is 39.9 Å². The summed E-state index contributed by atoms with van der Waals surface area (Å²) in [7, 11) is -4.41. The summed E-state index contributed by atoms with van der Waals surface area (Å²) in [6.07, 6.45) is 0.531. The van der Waals surface area contributed by atoms with Crippen LogP contribution in [0.15, 0.2) is 51.9 Å². The number of nitrogens with two attached hydrogens (primary N) is 2. The molecule has 2 aromatic rings. The molecule has 240 valence electrons. The third-order valence-corrected chi connectivity index (χ3v) is 6.59. The first-order valence-corrected chi connectivity index (χ1v) is 14.6. The zero-order chi connectivity index (χ0) is 33.6. The summed E-state index contributed by atoms with van der Waals surface area (Å²) in [4.78, 5) is 40.0. The fourth-order valence-electron chi connectivity index (χ4n) is 3.43. The Morgan fingerprint density at radius 3 is 1.95 bits per heavy atom. The first-order valence-electron chi connectivity index (χ1n) is 13.1. The fraction of sp³-hybridized carbons (Fsp3) is 0.379. The number of nitrogens with zero attached hydrogens (tertiary/aromatic N) is 1. The lowest BCUT2D eigenvalue weighted by molar-refractivity contribution is -0.164. The number of aliphatic imine (C=N–C) groups is 1. The molecule has 0 radical (unpaired) electrons. The molecule has 5 N–H and O–H groups in total. The molecular weight excluding hydrogens is 602 g/mol. The van der Waals surface area contributed by atoms with Crippen molar-refractivity contribution in [3.05, 3.63) is 59.2 Å². The first kappa shape index (κ1) is 35.8. The number of hydrogen-bond donors (Lipinski definition) is 3. The van der Waals surface area contributed by atoms with E-state index < -0.39 is 74.9 Å². The number of amides is 1. The summed E-state index contributed by atoms with van der Waals surface area (Å²) in [5, 5.41) is 0. The lowest BCUT2D eigenvalue weighted by atomic mass is 10.1. The highest BCUT2D eigenvalue weighted by molar-refractivity contribution is 7.89. The van der Waals surface area contributed by atoms with E-state index in [-0.39, 0.29) is 21.8 Å². The Kier molecular flexibility index (Phi) is 11.4. The Bertz CT molecular complexity index is 1550. The molecule has 2 rings (SSSR count). The number of hydrogen-bond acceptors (Lipinski definition) is 8. The quantitative estimate of drug-likeness (QED) is 0.150. The van der Waals surface area contributed by atoms with Gasteiger partial charge in [-0.2, -0.15) is 9.71 Å². The number of benzene rings is 2. The summed E-state index contributed by atoms with van der Waals surface area (Å²) in [6.45, 7) is 10.9. The van der Waals surface area contributed by atoms with Crippen molar-refractivity contribution in [2.75, 3.05) is 0 Å². The van der Waals surface area contributed by atoms with E-state index in [9.17, 15) is 31.6 Å². The normalized spacial score (nSPS) is 13.1. The molecule has 0 spiro atoms. The lowest BCUT2D eigenvalue weighted by Gasteiger charge is -2.25. The number of carbonyl (C=O) groups is 3. The minimum absolute atomic E-state index is 0.0104. The maximum Gasteiger partial charge on any atom is 0.325 e. The fourth-order valence-corrected chi connectivity index (χ4v) is 4.62. The summed E-state index contributed by atoms with van der Waals surface area (Å²) in [5.74, 6) is -6.22. The average molecular weight is 639 g/mol. The monoisotopic (exact) mass is 638 g/mol. The highest BCUT2D eigenvalue weighted by Crippen LogP contribution is 2.30. The van der Waals surface area contributed by atoms with E-state index in [0.717, 1.165) is 36.4 Å². The summed E-state index contributed by atoms with van der Waals surface area (Å²) in [6, 6.07) is 4.63. The molecule has 0 aliphatic heterocycles. The Labute approximate surface area is 254 Å². The Morgan fingerprint density at radius 2 is 1.48 bits per heavy atom. The molecule has 0 aliphatic carbocycles. The number of rotatable bonds is 10. The van der Waals surface area contributed by atoms with Crippen LogP contribution in [0.4, 0.5) is 8.78 Å². The lowest BCUT2D eigenvalue weighted by Crippen LogP contribution is -2.46. The SMILES string of the molecule is C/C(=C\c1cc(F)c(Oc2ccc(S(=O)(=O)NC(CC(=O)OC(C)(C)C)C(=O)OC(C)(C)C)cc2)c(F)c1)C(=O)N=C(N)N. The maximum absolute atomic E-state index is 14.7. The van der Waals surface area contributed by atoms with Crippen LogP contribution in [0.25, 0.3) is 6.08 Å². The van der Waals surface area contributed by atoms with Crippen LogP contribution in [0, 0.1) is 11.6 Å². The molecule has 0 fully saturated rings. The molecule has 1 atom stereocenters. The van der Waals surface area contributed by atoms with Gasteiger partial charge in [-0.25, -0.2) is 17.2 Å². The predicted molar refractivity (Wildman–Crippen MR) is 158 cm³/mol. The van der Waals surface area contributed by atoms with E-state index in [1.54, 1.807) is 41.5 Å². The minimum atomic E-state index is -4.41. The average Bonchev–Trinajstić information content (AvgIpc) is 2.83. The van der Waals surface area contributed by atoms with E-state index in [1.165, 1.54) is 13.0 Å². The van der Waals surface area contributed by atoms with E-state index in [4.69, 9.17) is 25.7 Å². The summed E-state index contributed by atoms with van der Waals surface area (Å²) in [5.41, 5.74) is 8.46. The van der Waals surface area contributed by atoms with Crippen molar-refractivity contribution in [3.8, 4) is 11.5 Å². The van der Waals surface area contributed by atoms with Crippen LogP contribution in [0.2, 0.25) is 0 Å². The Morgan fingerprint density at radius 1 is 0.955 bits per heavy atom. The molecule has 0 bridgehead atoms. The minimum Gasteiger partial charge on any atom is -0.460 e. The van der Waals surface area contributed by atoms with Crippen molar-refractivity contribution in [3.63, 3.8) is 0 Å². The molecule has 15 heteroatoms. The summed E-state index contributed by atoms with van der Waals surface area (Å²) >= 11 is 0. The number of esters is 2. The number of ether oxygens (including phenoxy) is 3. The van der Waals surface area contributed by atoms with Crippen molar-refractivity contribution in [2.45, 2.75) is 77.0 Å². The molecule has 0 heterocycles. The number of guanidine groups is 1. The molecule has 0 saturated heterocycles. The van der Waals surface area contributed by atoms with Gasteiger partial charge in [-0.15, -0.1) is 0 Å². The molecule has 44 heavy (non-hydrogen) atoms. The largest absolute Gasteiger partial charge is 0.460 e. The van der Waals surface area contributed by atoms with Gasteiger partial charge in [0.1, 0.15) is 23.0 Å². The van der Waals surface area contributed by atoms with Gasteiger partial charge in [-0.1, -0.05) is 0 Å². The van der Waals surface area contributed by atoms with Crippen molar-refractivity contribution in [1.29, 1.82) is 0 Å². The maximum atomic E-state index is 14.7. The standard InChI is InChI=1S/C29H36F2N4O8S/c1-16(25(37)34-27(32)33)12-17-13-20(30)24(21(31)14-17)41-18-8-10-19(11-9-18)44(39,40)35-22(26(38)43-29(5,6)7)15-23(36)42-28(2,3)4/h8-14,22,35H,15H2,1-7H3,(H4,32,33,34,37)/b16-12+.